The van der Waals surface area contributed by atoms with Gasteiger partial charge in [-0.2, -0.15) is 5.01 Å². The van der Waals surface area contributed by atoms with Crippen molar-refractivity contribution in [3.8, 4) is 5.75 Å². The summed E-state index contributed by atoms with van der Waals surface area (Å²) in [5, 5.41) is 12.0. The number of rotatable bonds is 7. The topological polar surface area (TPSA) is 127 Å². The molecule has 1 aromatic heterocycles. The lowest BCUT2D eigenvalue weighted by Gasteiger charge is -2.33. The lowest BCUT2D eigenvalue weighted by molar-refractivity contribution is -0.139. The van der Waals surface area contributed by atoms with Gasteiger partial charge in [-0.3, -0.25) is 15.0 Å². The smallest absolute Gasteiger partial charge is 0.344 e. The molecule has 0 radical (unpaired) electrons. The Morgan fingerprint density at radius 1 is 1.31 bits per heavy atom. The van der Waals surface area contributed by atoms with E-state index >= 15 is 0 Å². The summed E-state index contributed by atoms with van der Waals surface area (Å²) in [6, 6.07) is 6.22. The average Bonchev–Trinajstić information content (AvgIpc) is 3.32. The van der Waals surface area contributed by atoms with E-state index in [4.69, 9.17) is 20.8 Å². The lowest BCUT2D eigenvalue weighted by atomic mass is 9.77. The molecular weight excluding hydrogens is 458 g/mol. The number of halogens is 1. The number of aromatic nitrogens is 2. The second-order valence-corrected chi connectivity index (χ2v) is 9.23. The van der Waals surface area contributed by atoms with Crippen LogP contribution in [0.4, 0.5) is 4.79 Å². The van der Waals surface area contributed by atoms with Crippen LogP contribution in [0.1, 0.15) is 38.5 Å². The van der Waals surface area contributed by atoms with Gasteiger partial charge in [0.25, 0.3) is 17.0 Å². The van der Waals surface area contributed by atoms with Crippen LogP contribution in [0.5, 0.6) is 5.75 Å². The van der Waals surface area contributed by atoms with Crippen molar-refractivity contribution in [2.45, 2.75) is 50.0 Å². The minimum absolute atomic E-state index is 0.0601. The molecule has 12 heteroatoms. The first kappa shape index (κ1) is 22.4. The number of urea groups is 1. The van der Waals surface area contributed by atoms with Gasteiger partial charge in [0.1, 0.15) is 11.3 Å². The normalized spacial score (nSPS) is 22.8. The number of hydrazine groups is 1. The van der Waals surface area contributed by atoms with Gasteiger partial charge in [-0.1, -0.05) is 30.3 Å². The molecular formula is C20H22ClN5O5S. The first-order valence-electron chi connectivity index (χ1n) is 10.1. The molecule has 170 valence electrons. The minimum atomic E-state index is -0.907. The van der Waals surface area contributed by atoms with E-state index in [0.717, 1.165) is 29.6 Å². The molecule has 4 rings (SSSR count). The Kier molecular flexibility index (Phi) is 6.56. The summed E-state index contributed by atoms with van der Waals surface area (Å²) in [7, 11) is 0. The molecule has 4 amide bonds. The highest BCUT2D eigenvalue weighted by molar-refractivity contribution is 7.99. The van der Waals surface area contributed by atoms with Crippen molar-refractivity contribution in [3.63, 3.8) is 0 Å². The number of amides is 4. The summed E-state index contributed by atoms with van der Waals surface area (Å²) in [4.78, 5) is 37.4. The zero-order valence-electron chi connectivity index (χ0n) is 17.3. The zero-order valence-corrected chi connectivity index (χ0v) is 18.9. The summed E-state index contributed by atoms with van der Waals surface area (Å²) in [5.74, 6) is 0.302. The van der Waals surface area contributed by atoms with Gasteiger partial charge in [-0.05, 0) is 55.9 Å². The van der Waals surface area contributed by atoms with Crippen molar-refractivity contribution >= 4 is 41.2 Å². The highest BCUT2D eigenvalue weighted by Gasteiger charge is 2.52. The first-order chi connectivity index (χ1) is 15.3. The van der Waals surface area contributed by atoms with Crippen molar-refractivity contribution in [2.75, 3.05) is 5.75 Å². The fraction of sp³-hybridized carbons (Fsp3) is 0.450. The monoisotopic (exact) mass is 479 g/mol. The van der Waals surface area contributed by atoms with E-state index in [1.54, 1.807) is 24.3 Å². The van der Waals surface area contributed by atoms with Crippen LogP contribution in [0, 0.1) is 5.92 Å². The van der Waals surface area contributed by atoms with Crippen LogP contribution in [-0.4, -0.2) is 44.3 Å². The third kappa shape index (κ3) is 4.99. The van der Waals surface area contributed by atoms with Crippen molar-refractivity contribution < 1.29 is 23.5 Å². The number of benzene rings is 1. The number of nitrogens with zero attached hydrogens (tertiary/aromatic N) is 3. The Balaban J connectivity index is 1.25. The molecule has 0 unspecified atom stereocenters. The van der Waals surface area contributed by atoms with E-state index in [0.29, 0.717) is 29.5 Å². The van der Waals surface area contributed by atoms with Gasteiger partial charge in [-0.15, -0.1) is 10.2 Å². The number of imide groups is 1. The Morgan fingerprint density at radius 2 is 2.03 bits per heavy atom. The highest BCUT2D eigenvalue weighted by Crippen LogP contribution is 2.35. The summed E-state index contributed by atoms with van der Waals surface area (Å²) in [5.41, 5.74) is 1.47. The molecule has 1 aliphatic carbocycles. The third-order valence-electron chi connectivity index (χ3n) is 5.48. The van der Waals surface area contributed by atoms with Crippen LogP contribution >= 0.6 is 23.4 Å². The van der Waals surface area contributed by atoms with E-state index in [9.17, 15) is 14.4 Å². The SMILES string of the molecule is CC1CCC2(CC1)NC(=O)N(NC(=O)CSc1nnc(COc3ccc(Cl)cc3)o1)C2=O. The van der Waals surface area contributed by atoms with E-state index in [1.165, 1.54) is 0 Å². The number of carbonyl (C=O) groups excluding carboxylic acids is 3. The first-order valence-corrected chi connectivity index (χ1v) is 11.5. The Morgan fingerprint density at radius 3 is 2.75 bits per heavy atom. The molecule has 1 aromatic carbocycles. The fourth-order valence-corrected chi connectivity index (χ4v) is 4.33. The minimum Gasteiger partial charge on any atom is -0.484 e. The third-order valence-corrected chi connectivity index (χ3v) is 6.55. The predicted octanol–water partition coefficient (Wildman–Crippen LogP) is 2.93. The largest absolute Gasteiger partial charge is 0.484 e. The maximum Gasteiger partial charge on any atom is 0.344 e. The fourth-order valence-electron chi connectivity index (χ4n) is 3.63. The quantitative estimate of drug-likeness (QED) is 0.458. The van der Waals surface area contributed by atoms with Crippen LogP contribution in [0.3, 0.4) is 0 Å². The van der Waals surface area contributed by atoms with Crippen LogP contribution in [-0.2, 0) is 16.2 Å². The number of thioether (sulfide) groups is 1. The standard InChI is InChI=1S/C20H22ClN5O5S/c1-12-6-8-20(9-7-12)17(28)26(18(29)22-20)25-15(27)11-32-19-24-23-16(31-19)10-30-14-4-2-13(21)3-5-14/h2-5,12H,6-11H2,1H3,(H,22,29)(H,25,27). The van der Waals surface area contributed by atoms with Crippen molar-refractivity contribution in [1.82, 2.24) is 25.9 Å². The number of nitrogens with one attached hydrogen (secondary N) is 2. The molecule has 2 heterocycles. The Labute approximate surface area is 193 Å². The summed E-state index contributed by atoms with van der Waals surface area (Å²) in [6.45, 7) is 2.18. The molecule has 2 fully saturated rings. The average molecular weight is 480 g/mol. The van der Waals surface area contributed by atoms with Gasteiger partial charge < -0.3 is 14.5 Å². The van der Waals surface area contributed by atoms with Crippen molar-refractivity contribution in [1.29, 1.82) is 0 Å². The van der Waals surface area contributed by atoms with Crippen LogP contribution < -0.4 is 15.5 Å². The molecule has 1 spiro atoms. The van der Waals surface area contributed by atoms with E-state index in [-0.39, 0.29) is 23.5 Å². The second kappa shape index (κ2) is 9.37. The molecule has 1 saturated carbocycles. The summed E-state index contributed by atoms with van der Waals surface area (Å²) in [6.07, 6.45) is 2.85. The number of carbonyl (C=O) groups is 3. The molecule has 0 atom stereocenters. The Hall–Kier alpha value is -2.79. The van der Waals surface area contributed by atoms with Crippen molar-refractivity contribution in [2.24, 2.45) is 5.92 Å². The number of ether oxygens (including phenoxy) is 1. The van der Waals surface area contributed by atoms with Gasteiger partial charge in [0.15, 0.2) is 6.61 Å². The molecule has 0 bridgehead atoms. The van der Waals surface area contributed by atoms with Crippen LogP contribution in [0.2, 0.25) is 5.02 Å². The van der Waals surface area contributed by atoms with E-state index in [1.807, 2.05) is 0 Å². The molecule has 1 saturated heterocycles. The van der Waals surface area contributed by atoms with Gasteiger partial charge in [0, 0.05) is 5.02 Å². The zero-order chi connectivity index (χ0) is 22.7. The highest BCUT2D eigenvalue weighted by atomic mass is 35.5. The maximum absolute atomic E-state index is 12.8. The molecule has 32 heavy (non-hydrogen) atoms. The van der Waals surface area contributed by atoms with Gasteiger partial charge in [0.2, 0.25) is 5.91 Å². The number of hydrogen-bond donors (Lipinski definition) is 2. The summed E-state index contributed by atoms with van der Waals surface area (Å²) >= 11 is 6.82. The van der Waals surface area contributed by atoms with E-state index < -0.39 is 23.4 Å². The maximum atomic E-state index is 12.8. The Bertz CT molecular complexity index is 1010. The predicted molar refractivity (Wildman–Crippen MR) is 115 cm³/mol. The van der Waals surface area contributed by atoms with Gasteiger partial charge in [-0.25, -0.2) is 4.79 Å². The van der Waals surface area contributed by atoms with Crippen LogP contribution in [0.25, 0.3) is 0 Å². The molecule has 2 aliphatic rings. The molecule has 2 N–H and O–H groups in total. The molecule has 10 nitrogen and oxygen atoms in total. The van der Waals surface area contributed by atoms with Gasteiger partial charge >= 0.3 is 6.03 Å². The molecule has 1 aliphatic heterocycles. The lowest BCUT2D eigenvalue weighted by Crippen LogP contribution is -2.51. The van der Waals surface area contributed by atoms with E-state index in [2.05, 4.69) is 27.9 Å². The molecule has 2 aromatic rings. The van der Waals surface area contributed by atoms with Crippen LogP contribution in [0.15, 0.2) is 33.9 Å². The van der Waals surface area contributed by atoms with Gasteiger partial charge in [0.05, 0.1) is 5.75 Å². The van der Waals surface area contributed by atoms with Crippen molar-refractivity contribution in [3.05, 3.63) is 35.2 Å². The second-order valence-electron chi connectivity index (χ2n) is 7.86. The number of hydrogen-bond acceptors (Lipinski definition) is 8. The summed E-state index contributed by atoms with van der Waals surface area (Å²) < 4.78 is 11.0.